The van der Waals surface area contributed by atoms with Crippen LogP contribution in [0, 0.1) is 13.8 Å². The second-order valence-corrected chi connectivity index (χ2v) is 10.9. The number of hydrogen-bond donors (Lipinski definition) is 2. The number of aryl methyl sites for hydroxylation is 2. The molecule has 2 N–H and O–H groups in total. The molecule has 1 unspecified atom stereocenters. The molecule has 0 spiro atoms. The lowest BCUT2D eigenvalue weighted by Crippen LogP contribution is -2.41. The Morgan fingerprint density at radius 3 is 1.84 bits per heavy atom. The van der Waals surface area contributed by atoms with Crippen molar-refractivity contribution in [3.63, 3.8) is 0 Å². The highest BCUT2D eigenvalue weighted by Crippen LogP contribution is 2.14. The molecule has 0 heterocycles. The van der Waals surface area contributed by atoms with Gasteiger partial charge < -0.3 is 4.74 Å². The number of esters is 1. The Hall–Kier alpha value is -2.27. The third-order valence-corrected chi connectivity index (χ3v) is 7.71. The second-order valence-electron chi connectivity index (χ2n) is 7.45. The van der Waals surface area contributed by atoms with Gasteiger partial charge in [0, 0.05) is 6.54 Å². The van der Waals surface area contributed by atoms with E-state index in [1.165, 1.54) is 24.3 Å². The van der Waals surface area contributed by atoms with Crippen molar-refractivity contribution in [3.05, 3.63) is 59.7 Å². The molecule has 2 aromatic carbocycles. The van der Waals surface area contributed by atoms with Crippen LogP contribution in [0.3, 0.4) is 0 Å². The first kappa shape index (κ1) is 26.0. The van der Waals surface area contributed by atoms with Crippen molar-refractivity contribution in [2.24, 2.45) is 0 Å². The minimum atomic E-state index is -3.91. The molecule has 0 fully saturated rings. The molecule has 0 bridgehead atoms. The molecular weight excluding hydrogens is 452 g/mol. The van der Waals surface area contributed by atoms with Crippen molar-refractivity contribution in [3.8, 4) is 0 Å². The average Bonchev–Trinajstić information content (AvgIpc) is 2.73. The summed E-state index contributed by atoms with van der Waals surface area (Å²) in [6.07, 6.45) is 1.01. The van der Waals surface area contributed by atoms with E-state index in [1.54, 1.807) is 31.2 Å². The number of carbonyl (C=O) groups excluding carboxylic acids is 1. The third kappa shape index (κ3) is 7.70. The molecule has 0 aliphatic rings. The number of unbranched alkanes of at least 4 members (excludes halogenated alkanes) is 1. The number of carbonyl (C=O) groups is 1. The fourth-order valence-electron chi connectivity index (χ4n) is 2.92. The number of hydrogen-bond acceptors (Lipinski definition) is 6. The largest absolute Gasteiger partial charge is 0.465 e. The van der Waals surface area contributed by atoms with Crippen LogP contribution in [0.4, 0.5) is 0 Å². The number of benzene rings is 2. The Kier molecular flexibility index (Phi) is 9.38. The summed E-state index contributed by atoms with van der Waals surface area (Å²) >= 11 is 0. The van der Waals surface area contributed by atoms with Gasteiger partial charge in [0.05, 0.1) is 16.4 Å². The third-order valence-electron chi connectivity index (χ3n) is 4.74. The fourth-order valence-corrected chi connectivity index (χ4v) is 5.21. The summed E-state index contributed by atoms with van der Waals surface area (Å²) < 4.78 is 59.9. The fraction of sp³-hybridized carbons (Fsp3) is 0.409. The zero-order valence-corrected chi connectivity index (χ0v) is 20.1. The smallest absolute Gasteiger partial charge is 0.324 e. The Morgan fingerprint density at radius 2 is 1.34 bits per heavy atom. The van der Waals surface area contributed by atoms with Crippen LogP contribution in [0.15, 0.2) is 58.3 Å². The monoisotopic (exact) mass is 482 g/mol. The van der Waals surface area contributed by atoms with Crippen LogP contribution in [0.25, 0.3) is 0 Å². The van der Waals surface area contributed by atoms with E-state index in [4.69, 9.17) is 4.74 Å². The number of rotatable bonds is 12. The molecule has 0 saturated heterocycles. The molecule has 0 aromatic heterocycles. The van der Waals surface area contributed by atoms with Gasteiger partial charge in [0.1, 0.15) is 6.04 Å². The summed E-state index contributed by atoms with van der Waals surface area (Å²) in [6, 6.07) is 11.7. The predicted octanol–water partition coefficient (Wildman–Crippen LogP) is 2.66. The van der Waals surface area contributed by atoms with Crippen LogP contribution < -0.4 is 9.44 Å². The lowest BCUT2D eigenvalue weighted by Gasteiger charge is -2.17. The van der Waals surface area contributed by atoms with Crippen molar-refractivity contribution < 1.29 is 26.4 Å². The summed E-state index contributed by atoms with van der Waals surface area (Å²) in [6.45, 7) is 5.65. The van der Waals surface area contributed by atoms with Crippen molar-refractivity contribution in [2.45, 2.75) is 55.9 Å². The van der Waals surface area contributed by atoms with Crippen molar-refractivity contribution in [1.82, 2.24) is 9.44 Å². The first-order valence-electron chi connectivity index (χ1n) is 10.4. The van der Waals surface area contributed by atoms with E-state index >= 15 is 0 Å². The van der Waals surface area contributed by atoms with E-state index in [0.717, 1.165) is 11.1 Å². The quantitative estimate of drug-likeness (QED) is 0.355. The zero-order valence-electron chi connectivity index (χ0n) is 18.5. The van der Waals surface area contributed by atoms with Crippen molar-refractivity contribution in [1.29, 1.82) is 0 Å². The van der Waals surface area contributed by atoms with Crippen molar-refractivity contribution >= 4 is 26.0 Å². The average molecular weight is 483 g/mol. The molecule has 32 heavy (non-hydrogen) atoms. The van der Waals surface area contributed by atoms with Crippen LogP contribution >= 0.6 is 0 Å². The Morgan fingerprint density at radius 1 is 0.844 bits per heavy atom. The van der Waals surface area contributed by atoms with Gasteiger partial charge in [0.15, 0.2) is 0 Å². The SMILES string of the molecule is CCOC(=O)C(CCCCNS(=O)(=O)c1ccc(C)cc1)NS(=O)(=O)c1ccc(C)cc1. The van der Waals surface area contributed by atoms with Gasteiger partial charge in [-0.15, -0.1) is 0 Å². The van der Waals surface area contributed by atoms with Crippen LogP contribution in [-0.2, 0) is 29.6 Å². The molecule has 0 saturated carbocycles. The Bertz CT molecular complexity index is 1100. The van der Waals surface area contributed by atoms with Gasteiger partial charge >= 0.3 is 5.97 Å². The normalized spacial score (nSPS) is 13.0. The summed E-state index contributed by atoms with van der Waals surface area (Å²) in [5.41, 5.74) is 1.88. The highest BCUT2D eigenvalue weighted by Gasteiger charge is 2.26. The molecule has 0 radical (unpaired) electrons. The molecule has 2 aromatic rings. The minimum Gasteiger partial charge on any atom is -0.465 e. The van der Waals surface area contributed by atoms with Crippen LogP contribution in [0.2, 0.25) is 0 Å². The minimum absolute atomic E-state index is 0.0586. The van der Waals surface area contributed by atoms with E-state index in [9.17, 15) is 21.6 Å². The predicted molar refractivity (Wildman–Crippen MR) is 122 cm³/mol. The van der Waals surface area contributed by atoms with Crippen LogP contribution in [-0.4, -0.2) is 42.0 Å². The van der Waals surface area contributed by atoms with Gasteiger partial charge in [-0.2, -0.15) is 4.72 Å². The van der Waals surface area contributed by atoms with Gasteiger partial charge in [0.2, 0.25) is 20.0 Å². The van der Waals surface area contributed by atoms with Gasteiger partial charge in [-0.05, 0) is 64.3 Å². The molecule has 10 heteroatoms. The highest BCUT2D eigenvalue weighted by molar-refractivity contribution is 7.89. The van der Waals surface area contributed by atoms with Crippen molar-refractivity contribution in [2.75, 3.05) is 13.2 Å². The molecule has 176 valence electrons. The maximum absolute atomic E-state index is 12.7. The van der Waals surface area contributed by atoms with Gasteiger partial charge in [-0.1, -0.05) is 35.4 Å². The lowest BCUT2D eigenvalue weighted by molar-refractivity contribution is -0.145. The van der Waals surface area contributed by atoms with E-state index in [2.05, 4.69) is 9.44 Å². The molecular formula is C22H30N2O6S2. The van der Waals surface area contributed by atoms with Crippen LogP contribution in [0.1, 0.15) is 37.3 Å². The molecule has 0 aliphatic heterocycles. The maximum atomic E-state index is 12.7. The molecule has 0 amide bonds. The zero-order chi connectivity index (χ0) is 23.8. The maximum Gasteiger partial charge on any atom is 0.324 e. The van der Waals surface area contributed by atoms with Gasteiger partial charge in [-0.3, -0.25) is 4.79 Å². The molecule has 8 nitrogen and oxygen atoms in total. The summed E-state index contributed by atoms with van der Waals surface area (Å²) in [7, 11) is -7.53. The van der Waals surface area contributed by atoms with E-state index in [0.29, 0.717) is 12.8 Å². The molecule has 1 atom stereocenters. The van der Waals surface area contributed by atoms with Gasteiger partial charge in [-0.25, -0.2) is 21.6 Å². The lowest BCUT2D eigenvalue weighted by atomic mass is 10.1. The standard InChI is InChI=1S/C22H30N2O6S2/c1-4-30-22(25)21(24-32(28,29)20-14-10-18(3)11-15-20)7-5-6-16-23-31(26,27)19-12-8-17(2)9-13-19/h8-15,21,23-24H,4-7,16H2,1-3H3. The summed E-state index contributed by atoms with van der Waals surface area (Å²) in [5, 5.41) is 0. The van der Waals surface area contributed by atoms with E-state index in [-0.39, 0.29) is 29.4 Å². The first-order chi connectivity index (χ1) is 15.0. The molecule has 2 rings (SSSR count). The topological polar surface area (TPSA) is 119 Å². The molecule has 0 aliphatic carbocycles. The van der Waals surface area contributed by atoms with Gasteiger partial charge in [0.25, 0.3) is 0 Å². The number of nitrogens with one attached hydrogen (secondary N) is 2. The Balaban J connectivity index is 1.94. The van der Waals surface area contributed by atoms with E-state index < -0.39 is 32.1 Å². The van der Waals surface area contributed by atoms with E-state index in [1.807, 2.05) is 13.8 Å². The number of sulfonamides is 2. The Labute approximate surface area is 190 Å². The first-order valence-corrected chi connectivity index (χ1v) is 13.3. The summed E-state index contributed by atoms with van der Waals surface area (Å²) in [4.78, 5) is 12.5. The number of ether oxygens (including phenoxy) is 1. The summed E-state index contributed by atoms with van der Waals surface area (Å²) in [5.74, 6) is -0.663. The second kappa shape index (κ2) is 11.6. The van der Waals surface area contributed by atoms with Crippen LogP contribution in [0.5, 0.6) is 0 Å². The highest BCUT2D eigenvalue weighted by atomic mass is 32.2.